The normalized spacial score (nSPS) is 12.1. The van der Waals surface area contributed by atoms with Crippen LogP contribution in [0.4, 0.5) is 5.13 Å². The fraction of sp³-hybridized carbons (Fsp3) is 0.167. The molecule has 1 amide bonds. The maximum atomic E-state index is 12.4. The van der Waals surface area contributed by atoms with Gasteiger partial charge < -0.3 is 5.32 Å². The lowest BCUT2D eigenvalue weighted by molar-refractivity contribution is -0.116. The zero-order valence-corrected chi connectivity index (χ0v) is 18.3. The van der Waals surface area contributed by atoms with Crippen LogP contribution in [0.25, 0.3) is 32.5 Å². The summed E-state index contributed by atoms with van der Waals surface area (Å²) in [6.07, 6.45) is 0.429. The van der Waals surface area contributed by atoms with Gasteiger partial charge >= 0.3 is 0 Å². The average Bonchev–Trinajstić information content (AvgIpc) is 3.28. The SMILES string of the molecule is O=C(CCCS(=O)(=O)Cc1ccccc1)Nc1nc2c(s1)-c1cccc3cccc-2c13. The number of nitrogens with one attached hydrogen (secondary N) is 1. The van der Waals surface area contributed by atoms with Crippen molar-refractivity contribution in [2.75, 3.05) is 11.1 Å². The van der Waals surface area contributed by atoms with Crippen LogP contribution in [-0.2, 0) is 20.4 Å². The van der Waals surface area contributed by atoms with E-state index < -0.39 is 9.84 Å². The van der Waals surface area contributed by atoms with Gasteiger partial charge in [-0.1, -0.05) is 78.1 Å². The maximum Gasteiger partial charge on any atom is 0.226 e. The van der Waals surface area contributed by atoms with Crippen LogP contribution in [0.5, 0.6) is 0 Å². The van der Waals surface area contributed by atoms with Gasteiger partial charge in [-0.25, -0.2) is 13.4 Å². The molecular formula is C24H20N2O3S2. The summed E-state index contributed by atoms with van der Waals surface area (Å²) in [6, 6.07) is 21.5. The molecule has 7 heteroatoms. The predicted octanol–water partition coefficient (Wildman–Crippen LogP) is 5.28. The monoisotopic (exact) mass is 448 g/mol. The predicted molar refractivity (Wildman–Crippen MR) is 126 cm³/mol. The summed E-state index contributed by atoms with van der Waals surface area (Å²) < 4.78 is 24.6. The van der Waals surface area contributed by atoms with E-state index in [-0.39, 0.29) is 30.3 Å². The van der Waals surface area contributed by atoms with Gasteiger partial charge in [0, 0.05) is 17.5 Å². The van der Waals surface area contributed by atoms with E-state index >= 15 is 0 Å². The van der Waals surface area contributed by atoms with Gasteiger partial charge in [0.1, 0.15) is 0 Å². The third kappa shape index (κ3) is 3.98. The first-order chi connectivity index (χ1) is 15.0. The quantitative estimate of drug-likeness (QED) is 0.368. The molecule has 0 fully saturated rings. The van der Waals surface area contributed by atoms with Crippen molar-refractivity contribution in [3.05, 3.63) is 72.3 Å². The molecule has 1 aromatic heterocycles. The molecule has 1 aliphatic rings. The van der Waals surface area contributed by atoms with Crippen LogP contribution >= 0.6 is 11.3 Å². The van der Waals surface area contributed by atoms with Crippen LogP contribution in [0.3, 0.4) is 0 Å². The first-order valence-corrected chi connectivity index (χ1v) is 12.7. The summed E-state index contributed by atoms with van der Waals surface area (Å²) in [5.41, 5.74) is 3.90. The number of thiazole rings is 1. The van der Waals surface area contributed by atoms with E-state index in [1.807, 2.05) is 30.3 Å². The first kappa shape index (κ1) is 19.9. The minimum absolute atomic E-state index is 0.000383. The Balaban J connectivity index is 1.22. The van der Waals surface area contributed by atoms with Gasteiger partial charge in [0.05, 0.1) is 22.1 Å². The lowest BCUT2D eigenvalue weighted by atomic mass is 10.0. The van der Waals surface area contributed by atoms with Crippen molar-refractivity contribution in [2.24, 2.45) is 0 Å². The summed E-state index contributed by atoms with van der Waals surface area (Å²) in [5, 5.41) is 5.78. The second-order valence-electron chi connectivity index (χ2n) is 7.64. The Hall–Kier alpha value is -3.03. The highest BCUT2D eigenvalue weighted by Gasteiger charge is 2.26. The maximum absolute atomic E-state index is 12.4. The third-order valence-electron chi connectivity index (χ3n) is 5.37. The van der Waals surface area contributed by atoms with E-state index in [0.717, 1.165) is 27.3 Å². The molecule has 0 aliphatic heterocycles. The molecule has 0 saturated heterocycles. The van der Waals surface area contributed by atoms with Crippen LogP contribution in [-0.4, -0.2) is 25.1 Å². The zero-order valence-electron chi connectivity index (χ0n) is 16.7. The van der Waals surface area contributed by atoms with Crippen molar-refractivity contribution < 1.29 is 13.2 Å². The van der Waals surface area contributed by atoms with Crippen LogP contribution in [0, 0.1) is 0 Å². The Morgan fingerprint density at radius 3 is 2.45 bits per heavy atom. The highest BCUT2D eigenvalue weighted by molar-refractivity contribution is 7.90. The minimum atomic E-state index is -3.25. The second kappa shape index (κ2) is 7.90. The van der Waals surface area contributed by atoms with Gasteiger partial charge in [-0.3, -0.25) is 4.79 Å². The molecule has 0 atom stereocenters. The molecule has 1 aliphatic carbocycles. The minimum Gasteiger partial charge on any atom is -0.302 e. The molecule has 0 saturated carbocycles. The Morgan fingerprint density at radius 1 is 0.935 bits per heavy atom. The van der Waals surface area contributed by atoms with Gasteiger partial charge in [0.15, 0.2) is 15.0 Å². The fourth-order valence-corrected chi connectivity index (χ4v) is 6.46. The molecule has 1 heterocycles. The van der Waals surface area contributed by atoms with E-state index in [1.165, 1.54) is 22.1 Å². The van der Waals surface area contributed by atoms with Crippen molar-refractivity contribution in [1.29, 1.82) is 0 Å². The van der Waals surface area contributed by atoms with Gasteiger partial charge in [0.25, 0.3) is 0 Å². The number of aromatic nitrogens is 1. The van der Waals surface area contributed by atoms with Crippen molar-refractivity contribution in [2.45, 2.75) is 18.6 Å². The van der Waals surface area contributed by atoms with Gasteiger partial charge in [0.2, 0.25) is 5.91 Å². The number of anilines is 1. The molecule has 4 aromatic rings. The van der Waals surface area contributed by atoms with Crippen LogP contribution in [0.15, 0.2) is 66.7 Å². The van der Waals surface area contributed by atoms with E-state index in [1.54, 1.807) is 12.1 Å². The molecule has 5 rings (SSSR count). The number of hydrogen-bond acceptors (Lipinski definition) is 5. The number of carbonyl (C=O) groups is 1. The zero-order chi connectivity index (χ0) is 21.4. The third-order valence-corrected chi connectivity index (χ3v) is 8.05. The molecule has 1 N–H and O–H groups in total. The Morgan fingerprint density at radius 2 is 1.68 bits per heavy atom. The largest absolute Gasteiger partial charge is 0.302 e. The van der Waals surface area contributed by atoms with E-state index in [0.29, 0.717) is 5.13 Å². The Kier molecular flexibility index (Phi) is 5.08. The highest BCUT2D eigenvalue weighted by atomic mass is 32.2. The van der Waals surface area contributed by atoms with Crippen molar-refractivity contribution >= 4 is 43.0 Å². The number of amides is 1. The number of carbonyl (C=O) groups excluding carboxylic acids is 1. The molecule has 3 aromatic carbocycles. The number of sulfone groups is 1. The smallest absolute Gasteiger partial charge is 0.226 e. The van der Waals surface area contributed by atoms with Crippen molar-refractivity contribution in [1.82, 2.24) is 4.98 Å². The van der Waals surface area contributed by atoms with Crippen LogP contribution < -0.4 is 5.32 Å². The van der Waals surface area contributed by atoms with Crippen molar-refractivity contribution in [3.8, 4) is 21.7 Å². The summed E-state index contributed by atoms with van der Waals surface area (Å²) in [5.74, 6) is -0.229. The number of hydrogen-bond donors (Lipinski definition) is 1. The number of nitrogens with zero attached hydrogens (tertiary/aromatic N) is 1. The fourth-order valence-electron chi connectivity index (χ4n) is 4.00. The van der Waals surface area contributed by atoms with Crippen LogP contribution in [0.2, 0.25) is 0 Å². The molecular weight excluding hydrogens is 428 g/mol. The second-order valence-corrected chi connectivity index (χ2v) is 10.8. The molecule has 156 valence electrons. The van der Waals surface area contributed by atoms with Gasteiger partial charge in [-0.05, 0) is 22.8 Å². The summed E-state index contributed by atoms with van der Waals surface area (Å²) in [6.45, 7) is 0. The number of fused-ring (bicyclic) bond motifs is 3. The lowest BCUT2D eigenvalue weighted by Gasteiger charge is -2.05. The lowest BCUT2D eigenvalue weighted by Crippen LogP contribution is -2.15. The van der Waals surface area contributed by atoms with E-state index in [9.17, 15) is 13.2 Å². The highest BCUT2D eigenvalue weighted by Crippen LogP contribution is 2.50. The van der Waals surface area contributed by atoms with E-state index in [4.69, 9.17) is 0 Å². The molecule has 5 nitrogen and oxygen atoms in total. The van der Waals surface area contributed by atoms with E-state index in [2.05, 4.69) is 34.6 Å². The standard InChI is InChI=1S/C24H20N2O3S2/c27-20(13-6-14-31(28,29)15-16-7-2-1-3-8-16)25-24-26-22-18-11-4-9-17-10-5-12-19(21(17)18)23(22)30-24/h1-5,7-12H,6,13-15H2,(H,25,26,27). The Bertz CT molecular complexity index is 1340. The summed E-state index contributed by atoms with van der Waals surface area (Å²) >= 11 is 1.46. The number of rotatable bonds is 7. The van der Waals surface area contributed by atoms with Crippen LogP contribution in [0.1, 0.15) is 18.4 Å². The first-order valence-electron chi connectivity index (χ1n) is 10.1. The molecule has 31 heavy (non-hydrogen) atoms. The average molecular weight is 449 g/mol. The summed E-state index contributed by atoms with van der Waals surface area (Å²) in [4.78, 5) is 18.1. The van der Waals surface area contributed by atoms with Gasteiger partial charge in [-0.15, -0.1) is 0 Å². The Labute approximate surface area is 184 Å². The topological polar surface area (TPSA) is 76.1 Å². The molecule has 0 bridgehead atoms. The summed E-state index contributed by atoms with van der Waals surface area (Å²) in [7, 11) is -3.25. The molecule has 0 unspecified atom stereocenters. The van der Waals surface area contributed by atoms with Crippen molar-refractivity contribution in [3.63, 3.8) is 0 Å². The number of benzene rings is 3. The van der Waals surface area contributed by atoms with Gasteiger partial charge in [-0.2, -0.15) is 0 Å². The molecule has 0 radical (unpaired) electrons. The molecule has 0 spiro atoms.